The molecule has 0 radical (unpaired) electrons. The molecule has 2 nitrogen and oxygen atoms in total. The molecule has 0 atom stereocenters. The van der Waals surface area contributed by atoms with E-state index >= 15 is 0 Å². The summed E-state index contributed by atoms with van der Waals surface area (Å²) in [7, 11) is -0.325. The molecule has 55 heavy (non-hydrogen) atoms. The molecule has 0 amide bonds. The number of aryl methyl sites for hydroxylation is 2. The Hall–Kier alpha value is -4.12. The summed E-state index contributed by atoms with van der Waals surface area (Å²) in [5.74, 6) is 0.916. The molecule has 0 saturated carbocycles. The Balaban J connectivity index is 0.000000172. The molecule has 5 heteroatoms. The summed E-state index contributed by atoms with van der Waals surface area (Å²) in [5.41, 5.74) is 10.4. The number of rotatable bonds is 5. The van der Waals surface area contributed by atoms with Crippen LogP contribution in [0.4, 0.5) is 0 Å². The van der Waals surface area contributed by atoms with Gasteiger partial charge in [-0.05, 0) is 137 Å². The van der Waals surface area contributed by atoms with Crippen molar-refractivity contribution in [1.82, 2.24) is 0 Å². The van der Waals surface area contributed by atoms with Gasteiger partial charge in [-0.1, -0.05) is 165 Å². The lowest BCUT2D eigenvalue weighted by molar-refractivity contribution is 0.00578. The minimum Gasteiger partial charge on any atom is -0.399 e. The van der Waals surface area contributed by atoms with Crippen LogP contribution in [0.2, 0.25) is 10.0 Å². The van der Waals surface area contributed by atoms with E-state index < -0.39 is 0 Å². The highest BCUT2D eigenvalue weighted by Gasteiger charge is 2.52. The van der Waals surface area contributed by atoms with Crippen LogP contribution in [0.25, 0.3) is 54.6 Å². The molecule has 0 N–H and O–H groups in total. The molecule has 8 rings (SSSR count). The van der Waals surface area contributed by atoms with Crippen LogP contribution in [-0.2, 0) is 9.31 Å². The van der Waals surface area contributed by atoms with Gasteiger partial charge in [-0.25, -0.2) is 0 Å². The topological polar surface area (TPSA) is 18.5 Å². The van der Waals surface area contributed by atoms with Crippen LogP contribution in [-0.4, -0.2) is 18.3 Å². The van der Waals surface area contributed by atoms with Crippen LogP contribution in [0.3, 0.4) is 0 Å². The van der Waals surface area contributed by atoms with E-state index in [1.807, 2.05) is 12.1 Å². The molecule has 1 heterocycles. The summed E-state index contributed by atoms with van der Waals surface area (Å²) in [6, 6.07) is 41.2. The molecule has 1 aliphatic rings. The third kappa shape index (κ3) is 7.45. The van der Waals surface area contributed by atoms with E-state index in [4.69, 9.17) is 32.5 Å². The van der Waals surface area contributed by atoms with Gasteiger partial charge in [0.2, 0.25) is 0 Å². The molecular weight excluding hydrogens is 714 g/mol. The van der Waals surface area contributed by atoms with E-state index in [1.165, 1.54) is 71.5 Å². The fourth-order valence-electron chi connectivity index (χ4n) is 7.70. The van der Waals surface area contributed by atoms with Crippen molar-refractivity contribution in [1.29, 1.82) is 0 Å². The number of benzene rings is 7. The van der Waals surface area contributed by atoms with Crippen LogP contribution in [0, 0.1) is 13.8 Å². The normalized spacial score (nSPS) is 15.0. The van der Waals surface area contributed by atoms with Gasteiger partial charge in [-0.2, -0.15) is 0 Å². The third-order valence-electron chi connectivity index (χ3n) is 11.6. The summed E-state index contributed by atoms with van der Waals surface area (Å²) < 4.78 is 12.9. The maximum atomic E-state index is 6.51. The van der Waals surface area contributed by atoms with Crippen LogP contribution >= 0.6 is 23.2 Å². The molecule has 0 spiro atoms. The molecule has 7 aromatic carbocycles. The average molecular weight is 766 g/mol. The summed E-state index contributed by atoms with van der Waals surface area (Å²) in [6.07, 6.45) is 0. The first-order chi connectivity index (χ1) is 26.1. The van der Waals surface area contributed by atoms with Gasteiger partial charge in [0.15, 0.2) is 0 Å². The first-order valence-electron chi connectivity index (χ1n) is 19.5. The highest BCUT2D eigenvalue weighted by atomic mass is 35.5. The predicted molar refractivity (Wildman–Crippen MR) is 240 cm³/mol. The van der Waals surface area contributed by atoms with Crippen molar-refractivity contribution >= 4 is 68.1 Å². The van der Waals surface area contributed by atoms with E-state index in [-0.39, 0.29) is 18.3 Å². The molecule has 0 bridgehead atoms. The van der Waals surface area contributed by atoms with Gasteiger partial charge in [0, 0.05) is 0 Å². The second-order valence-electron chi connectivity index (χ2n) is 16.8. The molecule has 1 aliphatic heterocycles. The average Bonchev–Trinajstić information content (AvgIpc) is 3.37. The maximum Gasteiger partial charge on any atom is 0.495 e. The molecule has 7 aromatic rings. The molecule has 0 aromatic heterocycles. The van der Waals surface area contributed by atoms with Gasteiger partial charge < -0.3 is 9.31 Å². The molecule has 1 saturated heterocycles. The maximum absolute atomic E-state index is 6.51. The summed E-state index contributed by atoms with van der Waals surface area (Å²) in [6.45, 7) is 21.6. The Morgan fingerprint density at radius 3 is 1.40 bits per heavy atom. The van der Waals surface area contributed by atoms with Crippen LogP contribution in [0.1, 0.15) is 89.5 Å². The highest BCUT2D eigenvalue weighted by molar-refractivity contribution is 6.65. The Morgan fingerprint density at radius 1 is 0.509 bits per heavy atom. The van der Waals surface area contributed by atoms with Gasteiger partial charge in [-0.15, -0.1) is 0 Å². The summed E-state index contributed by atoms with van der Waals surface area (Å²) in [4.78, 5) is 0. The Labute approximate surface area is 337 Å². The van der Waals surface area contributed by atoms with Gasteiger partial charge in [0.25, 0.3) is 0 Å². The lowest BCUT2D eigenvalue weighted by atomic mass is 9.70. The Kier molecular flexibility index (Phi) is 10.7. The van der Waals surface area contributed by atoms with E-state index in [2.05, 4.69) is 172 Å². The van der Waals surface area contributed by atoms with E-state index in [0.717, 1.165) is 10.8 Å². The van der Waals surface area contributed by atoms with Crippen LogP contribution in [0.15, 0.2) is 115 Å². The van der Waals surface area contributed by atoms with E-state index in [9.17, 15) is 0 Å². The van der Waals surface area contributed by atoms with Crippen molar-refractivity contribution in [2.45, 2.75) is 92.3 Å². The van der Waals surface area contributed by atoms with Gasteiger partial charge >= 0.3 is 7.12 Å². The number of hydrogen-bond donors (Lipinski definition) is 0. The summed E-state index contributed by atoms with van der Waals surface area (Å²) >= 11 is 13.0. The van der Waals surface area contributed by atoms with Gasteiger partial charge in [-0.3, -0.25) is 0 Å². The van der Waals surface area contributed by atoms with E-state index in [0.29, 0.717) is 21.9 Å². The first kappa shape index (κ1) is 39.1. The minimum atomic E-state index is -0.330. The lowest BCUT2D eigenvalue weighted by Crippen LogP contribution is -2.41. The van der Waals surface area contributed by atoms with Crippen LogP contribution in [0.5, 0.6) is 0 Å². The number of hydrogen-bond acceptors (Lipinski definition) is 2. The molecule has 0 unspecified atom stereocenters. The lowest BCUT2D eigenvalue weighted by Gasteiger charge is -2.32. The quantitative estimate of drug-likeness (QED) is 0.128. The highest BCUT2D eigenvalue weighted by Crippen LogP contribution is 2.46. The zero-order valence-corrected chi connectivity index (χ0v) is 35.3. The predicted octanol–water partition coefficient (Wildman–Crippen LogP) is 14.6. The van der Waals surface area contributed by atoms with Crippen molar-refractivity contribution in [3.8, 4) is 22.3 Å². The van der Waals surface area contributed by atoms with Crippen molar-refractivity contribution < 1.29 is 9.31 Å². The van der Waals surface area contributed by atoms with Crippen molar-refractivity contribution in [2.75, 3.05) is 0 Å². The first-order valence-corrected chi connectivity index (χ1v) is 20.2. The largest absolute Gasteiger partial charge is 0.495 e. The zero-order chi connectivity index (χ0) is 39.4. The standard InChI is InChI=1S/C28H20Cl2.C22H31BO2/c1-17-7-11-19(12-8-17)27-21-5-3-4-6-22(21)28(20-13-9-18(2)10-14-20)24-16-26(30)25(29)15-23(24)27;1-14(2)17-10-9-16-11-12-18(15(3)4)20(19(16)13-17)23-24-21(5,6)22(7,8)25-23/h3-16H,1-2H3;9-15H,1-8H3. The SMILES string of the molecule is CC(C)c1ccc2ccc(C(C)C)c(B3OC(C)(C)C(C)(C)O3)c2c1.Cc1ccc(-c2c3ccccc3c(-c3ccc(C)cc3)c3cc(Cl)c(Cl)cc23)cc1. The molecule has 0 aliphatic carbocycles. The third-order valence-corrected chi connectivity index (χ3v) is 12.4. The van der Waals surface area contributed by atoms with Gasteiger partial charge in [0.1, 0.15) is 0 Å². The summed E-state index contributed by atoms with van der Waals surface area (Å²) in [5, 5.41) is 8.30. The Bertz CT molecular complexity index is 2400. The Morgan fingerprint density at radius 2 is 0.964 bits per heavy atom. The fourth-order valence-corrected chi connectivity index (χ4v) is 8.02. The fraction of sp³-hybridized carbons (Fsp3) is 0.280. The second-order valence-corrected chi connectivity index (χ2v) is 17.6. The number of fused-ring (bicyclic) bond motifs is 3. The second kappa shape index (κ2) is 15.1. The number of halogens is 2. The minimum absolute atomic E-state index is 0.325. The van der Waals surface area contributed by atoms with E-state index in [1.54, 1.807) is 0 Å². The van der Waals surface area contributed by atoms with Gasteiger partial charge in [0.05, 0.1) is 21.2 Å². The molecular formula is C50H51BCl2O2. The van der Waals surface area contributed by atoms with Crippen LogP contribution < -0.4 is 5.46 Å². The smallest absolute Gasteiger partial charge is 0.399 e. The molecule has 1 fully saturated rings. The van der Waals surface area contributed by atoms with Crippen molar-refractivity contribution in [3.63, 3.8) is 0 Å². The van der Waals surface area contributed by atoms with Crippen molar-refractivity contribution in [3.05, 3.63) is 148 Å². The molecule has 280 valence electrons. The zero-order valence-electron chi connectivity index (χ0n) is 33.8. The van der Waals surface area contributed by atoms with Crippen molar-refractivity contribution in [2.24, 2.45) is 0 Å². The monoisotopic (exact) mass is 764 g/mol.